The number of aliphatic imine (C=N–C) groups is 1. The maximum absolute atomic E-state index is 13.1. The van der Waals surface area contributed by atoms with Crippen LogP contribution in [0.25, 0.3) is 5.41 Å². The Bertz CT molecular complexity index is 784. The minimum atomic E-state index is -0.218. The Morgan fingerprint density at radius 2 is 1.96 bits per heavy atom. The van der Waals surface area contributed by atoms with Crippen molar-refractivity contribution < 1.29 is 25.0 Å². The first kappa shape index (κ1) is 19.2. The molecule has 3 nitrogen and oxygen atoms in total. The molecule has 5 heteroatoms. The summed E-state index contributed by atoms with van der Waals surface area (Å²) in [5.74, 6) is 0.324. The molecule has 0 aliphatic carbocycles. The van der Waals surface area contributed by atoms with Gasteiger partial charge < -0.3 is 0 Å². The predicted molar refractivity (Wildman–Crippen MR) is 103 cm³/mol. The molecule has 0 saturated carbocycles. The molecule has 0 radical (unpaired) electrons. The van der Waals surface area contributed by atoms with Gasteiger partial charge in [-0.25, -0.2) is 4.39 Å². The zero-order chi connectivity index (χ0) is 18.7. The van der Waals surface area contributed by atoms with E-state index in [0.29, 0.717) is 18.1 Å². The number of nitrogens with zero attached hydrogens (tertiary/aromatic N) is 3. The number of benzene rings is 1. The molecular weight excluding hydrogens is 406 g/mol. The van der Waals surface area contributed by atoms with Crippen molar-refractivity contribution in [3.63, 3.8) is 0 Å². The summed E-state index contributed by atoms with van der Waals surface area (Å²) in [5.41, 5.74) is 4.76. The Morgan fingerprint density at radius 3 is 2.58 bits per heavy atom. The number of likely N-dealkylation sites (tertiary alicyclic amines) is 1. The first-order valence-corrected chi connectivity index (χ1v) is 10.0. The zero-order valence-corrected chi connectivity index (χ0v) is 17.3. The summed E-state index contributed by atoms with van der Waals surface area (Å²) >= 11 is 1.55. The van der Waals surface area contributed by atoms with Crippen LogP contribution in [0.4, 0.5) is 4.39 Å². The molecule has 2 aliphatic heterocycles. The van der Waals surface area contributed by atoms with Gasteiger partial charge in [-0.2, -0.15) is 0 Å². The van der Waals surface area contributed by atoms with Crippen LogP contribution >= 0.6 is 0 Å². The summed E-state index contributed by atoms with van der Waals surface area (Å²) in [6.07, 6.45) is 4.89. The van der Waals surface area contributed by atoms with Gasteiger partial charge in [-0.1, -0.05) is 0 Å². The van der Waals surface area contributed by atoms with Crippen molar-refractivity contribution in [3.8, 4) is 0 Å². The van der Waals surface area contributed by atoms with Crippen LogP contribution in [0.2, 0.25) is 0 Å². The van der Waals surface area contributed by atoms with Crippen molar-refractivity contribution in [2.24, 2.45) is 10.9 Å². The monoisotopic (exact) mass is 429 g/mol. The number of piperidine rings is 1. The van der Waals surface area contributed by atoms with Gasteiger partial charge in [0.05, 0.1) is 0 Å². The van der Waals surface area contributed by atoms with Gasteiger partial charge in [0, 0.05) is 0 Å². The fourth-order valence-corrected chi connectivity index (χ4v) is 3.68. The Hall–Kier alpha value is -1.62. The van der Waals surface area contributed by atoms with Gasteiger partial charge in [0.15, 0.2) is 0 Å². The van der Waals surface area contributed by atoms with E-state index in [1.54, 1.807) is 32.7 Å². The first-order chi connectivity index (χ1) is 12.4. The van der Waals surface area contributed by atoms with Gasteiger partial charge in [-0.15, -0.1) is 0 Å². The predicted octanol–water partition coefficient (Wildman–Crippen LogP) is 3.92. The van der Waals surface area contributed by atoms with E-state index in [0.717, 1.165) is 53.2 Å². The molecule has 0 atom stereocenters. The topological polar surface area (TPSA) is 37.9 Å². The Balaban J connectivity index is 1.55. The molecule has 0 aromatic heterocycles. The molecule has 3 rings (SSSR count). The second-order valence-electron chi connectivity index (χ2n) is 6.96. The van der Waals surface area contributed by atoms with E-state index < -0.39 is 0 Å². The van der Waals surface area contributed by atoms with Crippen LogP contribution in [0.15, 0.2) is 53.2 Å². The molecule has 1 saturated heterocycles. The molecule has 26 heavy (non-hydrogen) atoms. The SMILES string of the molecule is C=C(CC(=[N-])[C](C)=[Nb])N1CCC(C2=CC(c3ccc(F)cc3)=NC2)CC1. The van der Waals surface area contributed by atoms with Gasteiger partial charge in [0.1, 0.15) is 5.82 Å². The molecule has 0 amide bonds. The molecule has 1 fully saturated rings. The summed E-state index contributed by atoms with van der Waals surface area (Å²) in [6.45, 7) is 8.77. The maximum atomic E-state index is 13.1. The summed E-state index contributed by atoms with van der Waals surface area (Å²) < 4.78 is 14.1. The summed E-state index contributed by atoms with van der Waals surface area (Å²) in [6, 6.07) is 6.54. The fourth-order valence-electron chi connectivity index (χ4n) is 3.49. The van der Waals surface area contributed by atoms with E-state index in [1.165, 1.54) is 17.7 Å². The normalized spacial score (nSPS) is 17.7. The van der Waals surface area contributed by atoms with E-state index in [1.807, 2.05) is 6.92 Å². The molecule has 1 aromatic rings. The summed E-state index contributed by atoms with van der Waals surface area (Å²) in [5, 5.41) is 9.96. The van der Waals surface area contributed by atoms with Crippen LogP contribution in [0, 0.1) is 11.7 Å². The zero-order valence-electron chi connectivity index (χ0n) is 15.1. The van der Waals surface area contributed by atoms with E-state index in [2.05, 4.69) is 22.5 Å². The quantitative estimate of drug-likeness (QED) is 0.499. The molecule has 2 heterocycles. The van der Waals surface area contributed by atoms with Gasteiger partial charge in [-0.05, 0) is 24.3 Å². The number of hydrogen-bond donors (Lipinski definition) is 0. The van der Waals surface area contributed by atoms with E-state index in [4.69, 9.17) is 0 Å². The molecule has 0 N–H and O–H groups in total. The van der Waals surface area contributed by atoms with Crippen LogP contribution < -0.4 is 0 Å². The standard InChI is InChI=1S/C21H23FN3.Nb/c1-3-20(23)12-15(2)25-10-8-16(9-11-25)18-13-21(24-14-18)17-4-6-19(22)7-5-17;/h4-7,13,16H,2,8-12,14H2,1H3;/q-1;. The second-order valence-corrected chi connectivity index (χ2v) is 8.61. The molecule has 0 spiro atoms. The third-order valence-electron chi connectivity index (χ3n) is 5.15. The third-order valence-corrected chi connectivity index (χ3v) is 5.78. The molecular formula is C21H23FN3Nb-. The van der Waals surface area contributed by atoms with Gasteiger partial charge in [0.2, 0.25) is 0 Å². The van der Waals surface area contributed by atoms with Crippen molar-refractivity contribution in [1.82, 2.24) is 4.90 Å². The van der Waals surface area contributed by atoms with Gasteiger partial charge in [-0.3, -0.25) is 0 Å². The summed E-state index contributed by atoms with van der Waals surface area (Å²) in [4.78, 5) is 6.93. The van der Waals surface area contributed by atoms with Crippen molar-refractivity contribution in [1.29, 1.82) is 0 Å². The van der Waals surface area contributed by atoms with E-state index >= 15 is 0 Å². The molecule has 0 bridgehead atoms. The third kappa shape index (κ3) is 4.56. The molecule has 2 aliphatic rings. The first-order valence-electron chi connectivity index (χ1n) is 8.95. The average Bonchev–Trinajstić information content (AvgIpc) is 3.12. The average molecular weight is 429 g/mol. The van der Waals surface area contributed by atoms with Gasteiger partial charge in [0.25, 0.3) is 0 Å². The van der Waals surface area contributed by atoms with Crippen molar-refractivity contribution in [3.05, 3.63) is 65.0 Å². The number of rotatable bonds is 6. The second kappa shape index (κ2) is 8.38. The van der Waals surface area contributed by atoms with Gasteiger partial charge >= 0.3 is 132 Å². The van der Waals surface area contributed by atoms with Crippen LogP contribution in [0.3, 0.4) is 0 Å². The van der Waals surface area contributed by atoms with E-state index in [9.17, 15) is 9.80 Å². The molecule has 135 valence electrons. The van der Waals surface area contributed by atoms with E-state index in [-0.39, 0.29) is 5.82 Å². The molecule has 0 unspecified atom stereocenters. The Labute approximate surface area is 166 Å². The van der Waals surface area contributed by atoms with Crippen LogP contribution in [0.1, 0.15) is 31.7 Å². The fraction of sp³-hybridized carbons (Fsp3) is 0.381. The van der Waals surface area contributed by atoms with Crippen LogP contribution in [0.5, 0.6) is 0 Å². The van der Waals surface area contributed by atoms with Crippen molar-refractivity contribution in [2.45, 2.75) is 26.2 Å². The summed E-state index contributed by atoms with van der Waals surface area (Å²) in [7, 11) is 0. The van der Waals surface area contributed by atoms with Crippen molar-refractivity contribution in [2.75, 3.05) is 19.6 Å². The number of halogens is 1. The molecule has 1 aromatic carbocycles. The van der Waals surface area contributed by atoms with Crippen LogP contribution in [-0.4, -0.2) is 39.7 Å². The minimum absolute atomic E-state index is 0.218. The number of hydrogen-bond acceptors (Lipinski definition) is 2. The number of allylic oxidation sites excluding steroid dienone is 2. The Kier molecular flexibility index (Phi) is 6.17. The Morgan fingerprint density at radius 1 is 1.31 bits per heavy atom. The van der Waals surface area contributed by atoms with Crippen molar-refractivity contribution >= 4 is 15.1 Å². The van der Waals surface area contributed by atoms with Crippen LogP contribution in [-0.2, 0) is 20.6 Å².